The predicted octanol–water partition coefficient (Wildman–Crippen LogP) is 4.07. The molecule has 0 aliphatic carbocycles. The van der Waals surface area contributed by atoms with E-state index in [1.807, 2.05) is 0 Å². The highest BCUT2D eigenvalue weighted by atomic mass is 19.4. The summed E-state index contributed by atoms with van der Waals surface area (Å²) >= 11 is 0. The number of benzene rings is 2. The van der Waals surface area contributed by atoms with Gasteiger partial charge in [0.15, 0.2) is 0 Å². The quantitative estimate of drug-likeness (QED) is 0.889. The summed E-state index contributed by atoms with van der Waals surface area (Å²) in [5.74, 6) is -1.26. The lowest BCUT2D eigenvalue weighted by molar-refractivity contribution is -0.137. The Labute approximate surface area is 107 Å². The molecular weight excluding hydrogens is 257 g/mol. The van der Waals surface area contributed by atoms with Crippen molar-refractivity contribution in [3.05, 3.63) is 59.7 Å². The monoisotopic (exact) mass is 266 g/mol. The van der Waals surface area contributed by atoms with Crippen LogP contribution in [0.15, 0.2) is 48.5 Å². The van der Waals surface area contributed by atoms with Gasteiger partial charge >= 0.3 is 12.1 Å². The van der Waals surface area contributed by atoms with Crippen LogP contribution in [0.3, 0.4) is 0 Å². The molecule has 0 unspecified atom stereocenters. The van der Waals surface area contributed by atoms with Crippen LogP contribution in [0, 0.1) is 0 Å². The Balaban J connectivity index is 2.65. The number of carboxylic acids is 1. The van der Waals surface area contributed by atoms with Gasteiger partial charge in [-0.25, -0.2) is 4.79 Å². The molecule has 19 heavy (non-hydrogen) atoms. The maximum atomic E-state index is 12.7. The maximum Gasteiger partial charge on any atom is 0.416 e. The highest BCUT2D eigenvalue weighted by molar-refractivity contribution is 5.96. The van der Waals surface area contributed by atoms with Crippen molar-refractivity contribution in [1.82, 2.24) is 0 Å². The van der Waals surface area contributed by atoms with Crippen LogP contribution >= 0.6 is 0 Å². The first-order chi connectivity index (χ1) is 8.89. The van der Waals surface area contributed by atoms with Gasteiger partial charge in [-0.05, 0) is 29.3 Å². The van der Waals surface area contributed by atoms with Gasteiger partial charge in [0.2, 0.25) is 0 Å². The Morgan fingerprint density at radius 1 is 1.00 bits per heavy atom. The molecule has 1 N–H and O–H groups in total. The standard InChI is InChI=1S/C14H9F3O2/c15-14(16,17)10-6-7-11(13(18)19)12(8-10)9-4-2-1-3-5-9/h1-8H,(H,18,19). The fourth-order valence-corrected chi connectivity index (χ4v) is 1.76. The largest absolute Gasteiger partial charge is 0.478 e. The molecule has 5 heteroatoms. The Hall–Kier alpha value is -2.30. The summed E-state index contributed by atoms with van der Waals surface area (Å²) in [5.41, 5.74) is -0.524. The number of alkyl halides is 3. The maximum absolute atomic E-state index is 12.7. The highest BCUT2D eigenvalue weighted by Crippen LogP contribution is 2.34. The molecule has 0 aliphatic heterocycles. The molecule has 0 spiro atoms. The third-order valence-corrected chi connectivity index (χ3v) is 2.66. The molecule has 0 atom stereocenters. The summed E-state index contributed by atoms with van der Waals surface area (Å²) < 4.78 is 38.0. The van der Waals surface area contributed by atoms with Gasteiger partial charge in [-0.1, -0.05) is 30.3 Å². The smallest absolute Gasteiger partial charge is 0.416 e. The second-order valence-corrected chi connectivity index (χ2v) is 3.93. The zero-order valence-electron chi connectivity index (χ0n) is 9.61. The Kier molecular flexibility index (Phi) is 3.29. The summed E-state index contributed by atoms with van der Waals surface area (Å²) in [5, 5.41) is 9.04. The van der Waals surface area contributed by atoms with Crippen LogP contribution in [0.4, 0.5) is 13.2 Å². The summed E-state index contributed by atoms with van der Waals surface area (Å²) in [6.07, 6.45) is -4.50. The van der Waals surface area contributed by atoms with Crippen molar-refractivity contribution in [2.24, 2.45) is 0 Å². The van der Waals surface area contributed by atoms with Crippen LogP contribution in [-0.2, 0) is 6.18 Å². The number of rotatable bonds is 2. The van der Waals surface area contributed by atoms with E-state index in [1.165, 1.54) is 0 Å². The zero-order chi connectivity index (χ0) is 14.0. The first-order valence-electron chi connectivity index (χ1n) is 5.39. The number of halogens is 3. The van der Waals surface area contributed by atoms with Gasteiger partial charge in [-0.15, -0.1) is 0 Å². The Morgan fingerprint density at radius 3 is 2.16 bits per heavy atom. The average Bonchev–Trinajstić information content (AvgIpc) is 2.38. The topological polar surface area (TPSA) is 37.3 Å². The van der Waals surface area contributed by atoms with Gasteiger partial charge in [0.25, 0.3) is 0 Å². The number of aromatic carboxylic acids is 1. The normalized spacial score (nSPS) is 11.3. The van der Waals surface area contributed by atoms with Gasteiger partial charge in [0.1, 0.15) is 0 Å². The van der Waals surface area contributed by atoms with Crippen LogP contribution in [0.1, 0.15) is 15.9 Å². The molecule has 0 saturated heterocycles. The molecule has 2 aromatic rings. The predicted molar refractivity (Wildman–Crippen MR) is 63.8 cm³/mol. The molecule has 2 aromatic carbocycles. The minimum Gasteiger partial charge on any atom is -0.478 e. The van der Waals surface area contributed by atoms with Gasteiger partial charge < -0.3 is 5.11 Å². The molecule has 2 nitrogen and oxygen atoms in total. The van der Waals surface area contributed by atoms with E-state index in [9.17, 15) is 18.0 Å². The van der Waals surface area contributed by atoms with Crippen molar-refractivity contribution in [2.45, 2.75) is 6.18 Å². The van der Waals surface area contributed by atoms with E-state index in [1.54, 1.807) is 30.3 Å². The molecule has 0 radical (unpaired) electrons. The van der Waals surface area contributed by atoms with Crippen LogP contribution in [0.25, 0.3) is 11.1 Å². The Bertz CT molecular complexity index is 604. The first-order valence-corrected chi connectivity index (χ1v) is 5.39. The van der Waals surface area contributed by atoms with E-state index >= 15 is 0 Å². The molecule has 0 aromatic heterocycles. The lowest BCUT2D eigenvalue weighted by Gasteiger charge is -2.11. The number of carboxylic acid groups (broad SMARTS) is 1. The van der Waals surface area contributed by atoms with Crippen molar-refractivity contribution < 1.29 is 23.1 Å². The molecule has 0 fully saturated rings. The third kappa shape index (κ3) is 2.76. The van der Waals surface area contributed by atoms with Crippen molar-refractivity contribution in [1.29, 1.82) is 0 Å². The van der Waals surface area contributed by atoms with Crippen LogP contribution in [-0.4, -0.2) is 11.1 Å². The van der Waals surface area contributed by atoms with Crippen molar-refractivity contribution in [2.75, 3.05) is 0 Å². The molecule has 0 heterocycles. The third-order valence-electron chi connectivity index (χ3n) is 2.66. The van der Waals surface area contributed by atoms with Crippen LogP contribution in [0.2, 0.25) is 0 Å². The number of hydrogen-bond acceptors (Lipinski definition) is 1. The Morgan fingerprint density at radius 2 is 1.63 bits per heavy atom. The van der Waals surface area contributed by atoms with Gasteiger partial charge in [-0.3, -0.25) is 0 Å². The van der Waals surface area contributed by atoms with Crippen LogP contribution in [0.5, 0.6) is 0 Å². The molecule has 0 saturated carbocycles. The van der Waals surface area contributed by atoms with E-state index < -0.39 is 17.7 Å². The number of hydrogen-bond donors (Lipinski definition) is 1. The average molecular weight is 266 g/mol. The summed E-state index contributed by atoms with van der Waals surface area (Å²) in [6.45, 7) is 0. The molecule has 0 aliphatic rings. The van der Waals surface area contributed by atoms with E-state index in [0.717, 1.165) is 18.2 Å². The second kappa shape index (κ2) is 4.76. The van der Waals surface area contributed by atoms with Gasteiger partial charge in [0.05, 0.1) is 11.1 Å². The minimum absolute atomic E-state index is 0.0583. The van der Waals surface area contributed by atoms with Crippen LogP contribution < -0.4 is 0 Å². The summed E-state index contributed by atoms with van der Waals surface area (Å²) in [6, 6.07) is 10.7. The fraction of sp³-hybridized carbons (Fsp3) is 0.0714. The fourth-order valence-electron chi connectivity index (χ4n) is 1.76. The first kappa shape index (κ1) is 13.1. The molecule has 98 valence electrons. The lowest BCUT2D eigenvalue weighted by Crippen LogP contribution is -2.07. The molecule has 2 rings (SSSR count). The summed E-state index contributed by atoms with van der Waals surface area (Å²) in [7, 11) is 0. The van der Waals surface area contributed by atoms with Gasteiger partial charge in [0, 0.05) is 0 Å². The zero-order valence-corrected chi connectivity index (χ0v) is 9.61. The SMILES string of the molecule is O=C(O)c1ccc(C(F)(F)F)cc1-c1ccccc1. The molecule has 0 bridgehead atoms. The summed E-state index contributed by atoms with van der Waals surface area (Å²) in [4.78, 5) is 11.1. The van der Waals surface area contributed by atoms with Gasteiger partial charge in [-0.2, -0.15) is 13.2 Å². The minimum atomic E-state index is -4.50. The molecular formula is C14H9F3O2. The number of carbonyl (C=O) groups is 1. The van der Waals surface area contributed by atoms with E-state index in [2.05, 4.69) is 0 Å². The van der Waals surface area contributed by atoms with Crippen molar-refractivity contribution >= 4 is 5.97 Å². The van der Waals surface area contributed by atoms with Crippen molar-refractivity contribution in [3.8, 4) is 11.1 Å². The van der Waals surface area contributed by atoms with E-state index in [0.29, 0.717) is 5.56 Å². The molecule has 0 amide bonds. The van der Waals surface area contributed by atoms with E-state index in [-0.39, 0.29) is 11.1 Å². The van der Waals surface area contributed by atoms with E-state index in [4.69, 9.17) is 5.11 Å². The second-order valence-electron chi connectivity index (χ2n) is 3.93. The highest BCUT2D eigenvalue weighted by Gasteiger charge is 2.31. The lowest BCUT2D eigenvalue weighted by atomic mass is 9.97. The van der Waals surface area contributed by atoms with Crippen molar-refractivity contribution in [3.63, 3.8) is 0 Å².